The van der Waals surface area contributed by atoms with Crippen LogP contribution >= 0.6 is 0 Å². The molecule has 2 aromatic carbocycles. The van der Waals surface area contributed by atoms with Crippen LogP contribution in [0.25, 0.3) is 49.8 Å². The summed E-state index contributed by atoms with van der Waals surface area (Å²) in [4.78, 5) is 14.2. The predicted octanol–water partition coefficient (Wildman–Crippen LogP) is 5.57. The first-order chi connectivity index (χ1) is 15.4. The van der Waals surface area contributed by atoms with E-state index < -0.39 is 0 Å². The number of benzene rings is 2. The number of imidazole rings is 1. The highest BCUT2D eigenvalue weighted by Crippen LogP contribution is 2.46. The lowest BCUT2D eigenvalue weighted by Crippen LogP contribution is -1.96. The monoisotopic (exact) mass is 396 g/mol. The van der Waals surface area contributed by atoms with Gasteiger partial charge in [0.1, 0.15) is 5.52 Å². The number of fused-ring (bicyclic) bond motifs is 13. The Balaban J connectivity index is 1.52. The summed E-state index contributed by atoms with van der Waals surface area (Å²) in [5, 5.41) is 2.21. The van der Waals surface area contributed by atoms with Crippen LogP contribution in [0.5, 0.6) is 0 Å². The first kappa shape index (κ1) is 15.7. The molecule has 6 aromatic rings. The zero-order valence-corrected chi connectivity index (χ0v) is 16.6. The van der Waals surface area contributed by atoms with E-state index in [1.165, 1.54) is 39.1 Å². The molecule has 0 unspecified atom stereocenters. The van der Waals surface area contributed by atoms with Crippen molar-refractivity contribution in [1.82, 2.24) is 19.4 Å². The number of hydrogen-bond acceptors (Lipinski definition) is 3. The molecule has 0 fully saturated rings. The van der Waals surface area contributed by atoms with Crippen molar-refractivity contribution in [2.75, 3.05) is 0 Å². The zero-order valence-electron chi connectivity index (χ0n) is 16.6. The maximum atomic E-state index is 5.11. The Morgan fingerprint density at radius 3 is 2.68 bits per heavy atom. The molecule has 0 aliphatic heterocycles. The fourth-order valence-corrected chi connectivity index (χ4v) is 5.63. The third-order valence-electron chi connectivity index (χ3n) is 6.93. The van der Waals surface area contributed by atoms with Crippen molar-refractivity contribution in [3.63, 3.8) is 0 Å². The smallest absolute Gasteiger partial charge is 0.164 e. The van der Waals surface area contributed by atoms with Crippen molar-refractivity contribution in [3.05, 3.63) is 95.6 Å². The number of nitrogens with zero attached hydrogens (tertiary/aromatic N) is 4. The molecule has 0 N–H and O–H groups in total. The van der Waals surface area contributed by atoms with E-state index >= 15 is 0 Å². The van der Waals surface area contributed by atoms with Gasteiger partial charge < -0.3 is 0 Å². The fraction of sp³-hybridized carbons (Fsp3) is 0.0741. The highest BCUT2D eigenvalue weighted by Gasteiger charge is 2.30. The molecule has 144 valence electrons. The number of rotatable bonds is 0. The maximum Gasteiger partial charge on any atom is 0.164 e. The van der Waals surface area contributed by atoms with E-state index in [1.54, 1.807) is 0 Å². The first-order valence-corrected chi connectivity index (χ1v) is 10.6. The normalized spacial score (nSPS) is 13.5. The van der Waals surface area contributed by atoms with E-state index in [0.29, 0.717) is 0 Å². The SMILES string of the molecule is c1ccc2c(c1)Cc1cc3c(cc1-2)-c1c(nc2c4ncccc4c4cnccc4n12)C3. The lowest BCUT2D eigenvalue weighted by molar-refractivity contribution is 1.15. The molecular formula is C27H16N4. The van der Waals surface area contributed by atoms with E-state index in [9.17, 15) is 0 Å². The van der Waals surface area contributed by atoms with Crippen LogP contribution in [0.2, 0.25) is 0 Å². The molecule has 8 rings (SSSR count). The van der Waals surface area contributed by atoms with E-state index in [4.69, 9.17) is 9.97 Å². The second-order valence-corrected chi connectivity index (χ2v) is 8.54. The molecule has 4 heterocycles. The van der Waals surface area contributed by atoms with E-state index in [2.05, 4.69) is 57.9 Å². The van der Waals surface area contributed by atoms with Crippen molar-refractivity contribution >= 4 is 27.5 Å². The Hall–Kier alpha value is -4.05. The second-order valence-electron chi connectivity index (χ2n) is 8.54. The Kier molecular flexibility index (Phi) is 2.72. The summed E-state index contributed by atoms with van der Waals surface area (Å²) < 4.78 is 2.31. The molecule has 0 saturated carbocycles. The number of aromatic nitrogens is 4. The highest BCUT2D eigenvalue weighted by molar-refractivity contribution is 6.10. The van der Waals surface area contributed by atoms with Gasteiger partial charge in [0.05, 0.1) is 16.9 Å². The van der Waals surface area contributed by atoms with E-state index in [0.717, 1.165) is 46.0 Å². The molecule has 0 atom stereocenters. The average molecular weight is 396 g/mol. The second kappa shape index (κ2) is 5.35. The van der Waals surface area contributed by atoms with Gasteiger partial charge in [-0.05, 0) is 52.4 Å². The molecule has 0 radical (unpaired) electrons. The summed E-state index contributed by atoms with van der Waals surface area (Å²) in [6.45, 7) is 0. The Morgan fingerprint density at radius 1 is 0.742 bits per heavy atom. The van der Waals surface area contributed by atoms with E-state index in [1.807, 2.05) is 24.7 Å². The molecule has 0 spiro atoms. The highest BCUT2D eigenvalue weighted by atomic mass is 15.1. The quantitative estimate of drug-likeness (QED) is 0.315. The number of hydrogen-bond donors (Lipinski definition) is 0. The largest absolute Gasteiger partial charge is 0.290 e. The van der Waals surface area contributed by atoms with Gasteiger partial charge in [0, 0.05) is 41.3 Å². The Morgan fingerprint density at radius 2 is 1.68 bits per heavy atom. The molecule has 0 saturated heterocycles. The van der Waals surface area contributed by atoms with Crippen molar-refractivity contribution in [1.29, 1.82) is 0 Å². The van der Waals surface area contributed by atoms with Gasteiger partial charge in [0.25, 0.3) is 0 Å². The summed E-state index contributed by atoms with van der Waals surface area (Å²) in [7, 11) is 0. The molecule has 0 bridgehead atoms. The molecule has 4 nitrogen and oxygen atoms in total. The lowest BCUT2D eigenvalue weighted by Gasteiger charge is -2.11. The first-order valence-electron chi connectivity index (χ1n) is 10.6. The van der Waals surface area contributed by atoms with Crippen molar-refractivity contribution in [2.45, 2.75) is 12.8 Å². The third-order valence-corrected chi connectivity index (χ3v) is 6.93. The molecule has 4 aromatic heterocycles. The van der Waals surface area contributed by atoms with Crippen LogP contribution in [0.3, 0.4) is 0 Å². The minimum absolute atomic E-state index is 0.872. The predicted molar refractivity (Wildman–Crippen MR) is 122 cm³/mol. The van der Waals surface area contributed by atoms with Crippen LogP contribution in [-0.4, -0.2) is 19.4 Å². The fourth-order valence-electron chi connectivity index (χ4n) is 5.63. The van der Waals surface area contributed by atoms with Crippen molar-refractivity contribution in [3.8, 4) is 22.4 Å². The Bertz CT molecular complexity index is 1740. The van der Waals surface area contributed by atoms with Crippen LogP contribution in [0, 0.1) is 0 Å². The summed E-state index contributed by atoms with van der Waals surface area (Å²) in [6.07, 6.45) is 7.55. The van der Waals surface area contributed by atoms with Gasteiger partial charge in [-0.15, -0.1) is 0 Å². The van der Waals surface area contributed by atoms with Gasteiger partial charge in [-0.1, -0.05) is 36.4 Å². The lowest BCUT2D eigenvalue weighted by atomic mass is 9.99. The molecule has 31 heavy (non-hydrogen) atoms. The van der Waals surface area contributed by atoms with Crippen LogP contribution in [0.15, 0.2) is 73.2 Å². The zero-order chi connectivity index (χ0) is 20.1. The minimum Gasteiger partial charge on any atom is -0.290 e. The summed E-state index contributed by atoms with van der Waals surface area (Å²) in [5.74, 6) is 0. The average Bonchev–Trinajstić information content (AvgIpc) is 3.47. The third kappa shape index (κ3) is 1.88. The summed E-state index contributed by atoms with van der Waals surface area (Å²) in [5.41, 5.74) is 13.6. The topological polar surface area (TPSA) is 43.1 Å². The van der Waals surface area contributed by atoms with Crippen LogP contribution in [0.1, 0.15) is 22.4 Å². The molecule has 2 aliphatic rings. The van der Waals surface area contributed by atoms with Gasteiger partial charge in [-0.3, -0.25) is 14.4 Å². The van der Waals surface area contributed by atoms with Gasteiger partial charge in [0.2, 0.25) is 0 Å². The molecule has 4 heteroatoms. The van der Waals surface area contributed by atoms with Crippen molar-refractivity contribution < 1.29 is 0 Å². The molecular weight excluding hydrogens is 380 g/mol. The van der Waals surface area contributed by atoms with Crippen LogP contribution in [0.4, 0.5) is 0 Å². The van der Waals surface area contributed by atoms with Crippen LogP contribution < -0.4 is 0 Å². The van der Waals surface area contributed by atoms with Crippen molar-refractivity contribution in [2.24, 2.45) is 0 Å². The van der Waals surface area contributed by atoms with Gasteiger partial charge in [-0.25, -0.2) is 4.98 Å². The van der Waals surface area contributed by atoms with Crippen LogP contribution in [-0.2, 0) is 12.8 Å². The maximum absolute atomic E-state index is 5.11. The molecule has 2 aliphatic carbocycles. The molecule has 0 amide bonds. The summed E-state index contributed by atoms with van der Waals surface area (Å²) in [6, 6.07) is 19.8. The Labute approximate surface area is 177 Å². The minimum atomic E-state index is 0.872. The summed E-state index contributed by atoms with van der Waals surface area (Å²) >= 11 is 0. The van der Waals surface area contributed by atoms with E-state index in [-0.39, 0.29) is 0 Å². The standard InChI is InChI=1S/C27H16N4/c1-2-5-18-15(4-1)10-16-11-17-12-23-26(21(17)13-20(16)18)31-24-7-9-28-14-22(24)19-6-3-8-29-25(19)27(31)30-23/h1-9,11,13-14H,10,12H2. The number of pyridine rings is 3. The van der Waals surface area contributed by atoms with Gasteiger partial charge in [0.15, 0.2) is 5.65 Å². The van der Waals surface area contributed by atoms with Gasteiger partial charge >= 0.3 is 0 Å². The van der Waals surface area contributed by atoms with Gasteiger partial charge in [-0.2, -0.15) is 0 Å².